The minimum Gasteiger partial charge on any atom is -0.504 e. The molecule has 1 rings (SSSR count). The van der Waals surface area contributed by atoms with E-state index in [-0.39, 0.29) is 5.75 Å². The van der Waals surface area contributed by atoms with Crippen LogP contribution in [-0.4, -0.2) is 31.2 Å². The van der Waals surface area contributed by atoms with E-state index in [4.69, 9.17) is 14.2 Å². The minimum absolute atomic E-state index is 0.141. The molecule has 0 bridgehead atoms. The average Bonchev–Trinajstić information content (AvgIpc) is 2.45. The van der Waals surface area contributed by atoms with Crippen LogP contribution in [0.1, 0.15) is 39.2 Å². The Bertz CT molecular complexity index is 395. The van der Waals surface area contributed by atoms with Crippen molar-refractivity contribution >= 4 is 0 Å². The van der Waals surface area contributed by atoms with Gasteiger partial charge in [-0.1, -0.05) is 19.9 Å². The zero-order valence-corrected chi connectivity index (χ0v) is 12.9. The van der Waals surface area contributed by atoms with Crippen LogP contribution in [-0.2, 0) is 15.9 Å². The standard InChI is InChI=1S/C16H26O4/c1-5-9-19-16(3,20-10-6-2)12-13-7-8-14(17)15(11-13)18-4/h7-8,11,17H,5-6,9-10,12H2,1-4H3. The summed E-state index contributed by atoms with van der Waals surface area (Å²) in [4.78, 5) is 0. The van der Waals surface area contributed by atoms with Crippen molar-refractivity contribution in [3.05, 3.63) is 23.8 Å². The summed E-state index contributed by atoms with van der Waals surface area (Å²) in [6.45, 7) is 7.43. The summed E-state index contributed by atoms with van der Waals surface area (Å²) >= 11 is 0. The first-order valence-corrected chi connectivity index (χ1v) is 7.18. The molecule has 0 unspecified atom stereocenters. The van der Waals surface area contributed by atoms with Gasteiger partial charge in [-0.25, -0.2) is 0 Å². The second-order valence-electron chi connectivity index (χ2n) is 5.01. The maximum absolute atomic E-state index is 9.63. The zero-order valence-electron chi connectivity index (χ0n) is 12.9. The van der Waals surface area contributed by atoms with Crippen LogP contribution in [0.25, 0.3) is 0 Å². The van der Waals surface area contributed by atoms with Crippen molar-refractivity contribution in [1.29, 1.82) is 0 Å². The molecule has 114 valence electrons. The summed E-state index contributed by atoms with van der Waals surface area (Å²) in [5.41, 5.74) is 1.01. The Hall–Kier alpha value is -1.26. The number of aromatic hydroxyl groups is 1. The number of phenols is 1. The lowest BCUT2D eigenvalue weighted by Gasteiger charge is -2.30. The van der Waals surface area contributed by atoms with Crippen molar-refractivity contribution in [2.45, 2.75) is 45.8 Å². The molecule has 0 atom stereocenters. The van der Waals surface area contributed by atoms with Crippen LogP contribution in [0.3, 0.4) is 0 Å². The molecule has 0 fully saturated rings. The van der Waals surface area contributed by atoms with E-state index < -0.39 is 5.79 Å². The monoisotopic (exact) mass is 282 g/mol. The number of rotatable bonds is 9. The molecule has 0 saturated carbocycles. The van der Waals surface area contributed by atoms with Crippen molar-refractivity contribution in [3.63, 3.8) is 0 Å². The van der Waals surface area contributed by atoms with Crippen LogP contribution in [0.5, 0.6) is 11.5 Å². The third-order valence-corrected chi connectivity index (χ3v) is 2.99. The summed E-state index contributed by atoms with van der Waals surface area (Å²) in [5, 5.41) is 9.63. The molecule has 0 aliphatic carbocycles. The smallest absolute Gasteiger partial charge is 0.169 e. The normalized spacial score (nSPS) is 11.6. The summed E-state index contributed by atoms with van der Waals surface area (Å²) in [6.07, 6.45) is 2.51. The molecule has 0 amide bonds. The highest BCUT2D eigenvalue weighted by Gasteiger charge is 2.26. The highest BCUT2D eigenvalue weighted by molar-refractivity contribution is 5.42. The first kappa shape index (κ1) is 16.8. The number of methoxy groups -OCH3 is 1. The molecule has 0 radical (unpaired) electrons. The fourth-order valence-corrected chi connectivity index (χ4v) is 1.98. The predicted octanol–water partition coefficient (Wildman–Crippen LogP) is 3.51. The van der Waals surface area contributed by atoms with Gasteiger partial charge in [0.2, 0.25) is 0 Å². The Morgan fingerprint density at radius 3 is 2.20 bits per heavy atom. The predicted molar refractivity (Wildman–Crippen MR) is 79.3 cm³/mol. The second kappa shape index (κ2) is 8.12. The van der Waals surface area contributed by atoms with E-state index in [1.54, 1.807) is 13.2 Å². The van der Waals surface area contributed by atoms with Gasteiger partial charge in [0.1, 0.15) is 0 Å². The molecule has 0 aliphatic rings. The molecule has 0 heterocycles. The first-order chi connectivity index (χ1) is 9.54. The number of ether oxygens (including phenoxy) is 3. The van der Waals surface area contributed by atoms with Gasteiger partial charge in [0.05, 0.1) is 7.11 Å². The quantitative estimate of drug-likeness (QED) is 0.704. The van der Waals surface area contributed by atoms with Crippen molar-refractivity contribution in [1.82, 2.24) is 0 Å². The van der Waals surface area contributed by atoms with E-state index in [1.165, 1.54) is 0 Å². The topological polar surface area (TPSA) is 47.9 Å². The molecule has 1 aromatic rings. The Labute approximate surface area is 121 Å². The minimum atomic E-state index is -0.645. The molecule has 4 nitrogen and oxygen atoms in total. The fraction of sp³-hybridized carbons (Fsp3) is 0.625. The van der Waals surface area contributed by atoms with E-state index in [0.29, 0.717) is 25.4 Å². The summed E-state index contributed by atoms with van der Waals surface area (Å²) < 4.78 is 16.9. The first-order valence-electron chi connectivity index (χ1n) is 7.18. The molecule has 0 aromatic heterocycles. The summed E-state index contributed by atoms with van der Waals surface area (Å²) in [5.74, 6) is -0.0358. The highest BCUT2D eigenvalue weighted by Crippen LogP contribution is 2.29. The SMILES string of the molecule is CCCOC(C)(Cc1ccc(O)c(OC)c1)OCCC. The maximum Gasteiger partial charge on any atom is 0.169 e. The molecular weight excluding hydrogens is 256 g/mol. The molecule has 0 aliphatic heterocycles. The van der Waals surface area contributed by atoms with Gasteiger partial charge < -0.3 is 19.3 Å². The Balaban J connectivity index is 2.82. The van der Waals surface area contributed by atoms with Crippen LogP contribution in [0.4, 0.5) is 0 Å². The largest absolute Gasteiger partial charge is 0.504 e. The second-order valence-corrected chi connectivity index (χ2v) is 5.01. The van der Waals surface area contributed by atoms with Gasteiger partial charge >= 0.3 is 0 Å². The van der Waals surface area contributed by atoms with Crippen molar-refractivity contribution < 1.29 is 19.3 Å². The van der Waals surface area contributed by atoms with Crippen molar-refractivity contribution in [2.24, 2.45) is 0 Å². The molecule has 20 heavy (non-hydrogen) atoms. The molecule has 1 N–H and O–H groups in total. The van der Waals surface area contributed by atoms with Gasteiger partial charge in [-0.3, -0.25) is 0 Å². The van der Waals surface area contributed by atoms with E-state index in [0.717, 1.165) is 18.4 Å². The Morgan fingerprint density at radius 2 is 1.70 bits per heavy atom. The van der Waals surface area contributed by atoms with E-state index in [1.807, 2.05) is 19.1 Å². The summed E-state index contributed by atoms with van der Waals surface area (Å²) in [6, 6.07) is 5.31. The van der Waals surface area contributed by atoms with Gasteiger partial charge in [-0.05, 0) is 37.5 Å². The van der Waals surface area contributed by atoms with Crippen molar-refractivity contribution in [3.8, 4) is 11.5 Å². The lowest BCUT2D eigenvalue weighted by molar-refractivity contribution is -0.224. The molecule has 0 saturated heterocycles. The van der Waals surface area contributed by atoms with Gasteiger partial charge in [-0.15, -0.1) is 0 Å². The van der Waals surface area contributed by atoms with E-state index >= 15 is 0 Å². The van der Waals surface area contributed by atoms with Crippen molar-refractivity contribution in [2.75, 3.05) is 20.3 Å². The highest BCUT2D eigenvalue weighted by atomic mass is 16.7. The number of hydrogen-bond donors (Lipinski definition) is 1. The lowest BCUT2D eigenvalue weighted by Crippen LogP contribution is -2.35. The third-order valence-electron chi connectivity index (χ3n) is 2.99. The number of benzene rings is 1. The number of hydrogen-bond acceptors (Lipinski definition) is 4. The van der Waals surface area contributed by atoms with Gasteiger partial charge in [0, 0.05) is 19.6 Å². The Kier molecular flexibility index (Phi) is 6.82. The third kappa shape index (κ3) is 5.02. The molecular formula is C16H26O4. The van der Waals surface area contributed by atoms with Crippen LogP contribution < -0.4 is 4.74 Å². The van der Waals surface area contributed by atoms with E-state index in [2.05, 4.69) is 13.8 Å². The zero-order chi connectivity index (χ0) is 15.0. The van der Waals surface area contributed by atoms with Crippen LogP contribution in [0.2, 0.25) is 0 Å². The number of phenolic OH excluding ortho intramolecular Hbond substituents is 1. The fourth-order valence-electron chi connectivity index (χ4n) is 1.98. The van der Waals surface area contributed by atoms with Crippen LogP contribution >= 0.6 is 0 Å². The molecule has 0 spiro atoms. The molecule has 1 aromatic carbocycles. The summed E-state index contributed by atoms with van der Waals surface area (Å²) in [7, 11) is 1.54. The van der Waals surface area contributed by atoms with Gasteiger partial charge in [-0.2, -0.15) is 0 Å². The average molecular weight is 282 g/mol. The van der Waals surface area contributed by atoms with Crippen LogP contribution in [0.15, 0.2) is 18.2 Å². The van der Waals surface area contributed by atoms with E-state index in [9.17, 15) is 5.11 Å². The lowest BCUT2D eigenvalue weighted by atomic mass is 10.1. The van der Waals surface area contributed by atoms with Crippen LogP contribution in [0, 0.1) is 0 Å². The van der Waals surface area contributed by atoms with Gasteiger partial charge in [0.15, 0.2) is 17.3 Å². The molecule has 4 heteroatoms. The van der Waals surface area contributed by atoms with Gasteiger partial charge in [0.25, 0.3) is 0 Å². The maximum atomic E-state index is 9.63. The Morgan fingerprint density at radius 1 is 1.10 bits per heavy atom.